The smallest absolute Gasteiger partial charge is 0.257 e. The van der Waals surface area contributed by atoms with E-state index in [9.17, 15) is 9.59 Å². The van der Waals surface area contributed by atoms with Crippen molar-refractivity contribution in [2.45, 2.75) is 51.4 Å². The second-order valence-corrected chi connectivity index (χ2v) is 8.56. The Morgan fingerprint density at radius 3 is 2.59 bits per heavy atom. The molecule has 1 atom stereocenters. The molecular weight excluding hydrogens is 358 g/mol. The molecule has 1 aromatic heterocycles. The van der Waals surface area contributed by atoms with E-state index in [4.69, 9.17) is 0 Å². The molecule has 4 rings (SSSR count). The number of anilines is 1. The predicted molar refractivity (Wildman–Crippen MR) is 107 cm³/mol. The van der Waals surface area contributed by atoms with Crippen LogP contribution in [0.25, 0.3) is 0 Å². The quantitative estimate of drug-likeness (QED) is 0.867. The predicted octanol–water partition coefficient (Wildman–Crippen LogP) is 4.14. The van der Waals surface area contributed by atoms with E-state index in [1.807, 2.05) is 36.1 Å². The third-order valence-electron chi connectivity index (χ3n) is 5.45. The number of hydrogen-bond acceptors (Lipinski definition) is 4. The fraction of sp³-hybridized carbons (Fsp3) is 0.476. The average molecular weight is 384 g/mol. The summed E-state index contributed by atoms with van der Waals surface area (Å²) in [5.41, 5.74) is 2.63. The Hall–Kier alpha value is -2.21. The maximum Gasteiger partial charge on any atom is 0.257 e. The van der Waals surface area contributed by atoms with Gasteiger partial charge in [0.05, 0.1) is 11.6 Å². The second-order valence-electron chi connectivity index (χ2n) is 7.48. The Morgan fingerprint density at radius 1 is 1.11 bits per heavy atom. The third kappa shape index (κ3) is 3.90. The number of carbonyl (C=O) groups is 2. The topological polar surface area (TPSA) is 62.3 Å². The molecule has 5 nitrogen and oxygen atoms in total. The standard InChI is InChI=1S/C21H25N3O2S/c1-14-8-10-15(11-9-14)19(25)23-21-22-18-16(6-5-7-17(18)27-21)20(26)24-12-3-2-4-13-24/h8-11,16H,2-7,12-13H2,1H3,(H,22,23,25). The van der Waals surface area contributed by atoms with E-state index in [0.29, 0.717) is 10.7 Å². The minimum absolute atomic E-state index is 0.145. The molecule has 2 heterocycles. The van der Waals surface area contributed by atoms with E-state index < -0.39 is 0 Å². The molecule has 1 N–H and O–H groups in total. The van der Waals surface area contributed by atoms with Crippen LogP contribution in [0.2, 0.25) is 0 Å². The molecule has 1 fully saturated rings. The van der Waals surface area contributed by atoms with E-state index in [1.165, 1.54) is 17.8 Å². The number of benzene rings is 1. The van der Waals surface area contributed by atoms with Crippen LogP contribution in [0.5, 0.6) is 0 Å². The van der Waals surface area contributed by atoms with E-state index >= 15 is 0 Å². The van der Waals surface area contributed by atoms with Crippen LogP contribution in [0.4, 0.5) is 5.13 Å². The molecule has 1 aromatic carbocycles. The number of rotatable bonds is 3. The van der Waals surface area contributed by atoms with Crippen LogP contribution < -0.4 is 5.32 Å². The molecule has 2 amide bonds. The van der Waals surface area contributed by atoms with E-state index in [-0.39, 0.29) is 17.7 Å². The Morgan fingerprint density at radius 2 is 1.85 bits per heavy atom. The SMILES string of the molecule is Cc1ccc(C(=O)Nc2nc3c(s2)CCCC3C(=O)N2CCCCC2)cc1. The Labute approximate surface area is 163 Å². The number of hydrogen-bond donors (Lipinski definition) is 1. The number of piperidine rings is 1. The number of aryl methyl sites for hydroxylation is 2. The van der Waals surface area contributed by atoms with Crippen LogP contribution in [0.1, 0.15) is 64.5 Å². The Kier molecular flexibility index (Phi) is 5.25. The Bertz CT molecular complexity index is 838. The van der Waals surface area contributed by atoms with Gasteiger partial charge in [0.15, 0.2) is 5.13 Å². The summed E-state index contributed by atoms with van der Waals surface area (Å²) in [5, 5.41) is 3.52. The number of fused-ring (bicyclic) bond motifs is 1. The van der Waals surface area contributed by atoms with Gasteiger partial charge in [-0.15, -0.1) is 11.3 Å². The summed E-state index contributed by atoms with van der Waals surface area (Å²) in [5.74, 6) is -0.0782. The van der Waals surface area contributed by atoms with Gasteiger partial charge >= 0.3 is 0 Å². The first kappa shape index (κ1) is 18.2. The van der Waals surface area contributed by atoms with Crippen LogP contribution in [-0.4, -0.2) is 34.8 Å². The van der Waals surface area contributed by atoms with Crippen LogP contribution in [-0.2, 0) is 11.2 Å². The molecule has 2 aromatic rings. The molecule has 0 radical (unpaired) electrons. The van der Waals surface area contributed by atoms with E-state index in [1.54, 1.807) is 0 Å². The van der Waals surface area contributed by atoms with Crippen LogP contribution in [0.15, 0.2) is 24.3 Å². The number of likely N-dealkylation sites (tertiary alicyclic amines) is 1. The molecular formula is C21H25N3O2S. The van der Waals surface area contributed by atoms with E-state index in [2.05, 4.69) is 10.3 Å². The zero-order valence-electron chi connectivity index (χ0n) is 15.7. The van der Waals surface area contributed by atoms with Crippen molar-refractivity contribution < 1.29 is 9.59 Å². The summed E-state index contributed by atoms with van der Waals surface area (Å²) < 4.78 is 0. The maximum atomic E-state index is 13.0. The lowest BCUT2D eigenvalue weighted by molar-refractivity contribution is -0.134. The molecule has 1 saturated heterocycles. The van der Waals surface area contributed by atoms with Crippen LogP contribution in [0.3, 0.4) is 0 Å². The highest BCUT2D eigenvalue weighted by Gasteiger charge is 2.33. The largest absolute Gasteiger partial charge is 0.342 e. The van der Waals surface area contributed by atoms with Gasteiger partial charge in [0.25, 0.3) is 5.91 Å². The minimum atomic E-state index is -0.153. The highest BCUT2D eigenvalue weighted by molar-refractivity contribution is 7.15. The summed E-state index contributed by atoms with van der Waals surface area (Å²) in [6.07, 6.45) is 6.21. The molecule has 27 heavy (non-hydrogen) atoms. The zero-order chi connectivity index (χ0) is 18.8. The molecule has 6 heteroatoms. The van der Waals surface area contributed by atoms with Gasteiger partial charge in [-0.05, 0) is 57.6 Å². The van der Waals surface area contributed by atoms with Crippen molar-refractivity contribution >= 4 is 28.3 Å². The van der Waals surface area contributed by atoms with Gasteiger partial charge in [-0.3, -0.25) is 14.9 Å². The van der Waals surface area contributed by atoms with Gasteiger partial charge in [-0.1, -0.05) is 17.7 Å². The molecule has 0 saturated carbocycles. The molecule has 0 spiro atoms. The van der Waals surface area contributed by atoms with Gasteiger partial charge < -0.3 is 4.90 Å². The molecule has 1 aliphatic heterocycles. The highest BCUT2D eigenvalue weighted by atomic mass is 32.1. The third-order valence-corrected chi connectivity index (χ3v) is 6.50. The lowest BCUT2D eigenvalue weighted by atomic mass is 9.89. The normalized spacial score (nSPS) is 19.4. The molecule has 142 valence electrons. The number of carbonyl (C=O) groups excluding carboxylic acids is 2. The van der Waals surface area contributed by atoms with Gasteiger partial charge in [-0.2, -0.15) is 0 Å². The fourth-order valence-corrected chi connectivity index (χ4v) is 4.98. The molecule has 1 unspecified atom stereocenters. The summed E-state index contributed by atoms with van der Waals surface area (Å²) >= 11 is 1.52. The lowest BCUT2D eigenvalue weighted by Gasteiger charge is -2.31. The van der Waals surface area contributed by atoms with Gasteiger partial charge in [0.2, 0.25) is 5.91 Å². The van der Waals surface area contributed by atoms with Crippen molar-refractivity contribution in [1.82, 2.24) is 9.88 Å². The van der Waals surface area contributed by atoms with Gasteiger partial charge in [0, 0.05) is 23.5 Å². The first-order valence-electron chi connectivity index (χ1n) is 9.78. The Balaban J connectivity index is 1.51. The van der Waals surface area contributed by atoms with Crippen molar-refractivity contribution in [2.24, 2.45) is 0 Å². The lowest BCUT2D eigenvalue weighted by Crippen LogP contribution is -2.39. The summed E-state index contributed by atoms with van der Waals surface area (Å²) in [6, 6.07) is 7.49. The number of aromatic nitrogens is 1. The van der Waals surface area contributed by atoms with Crippen molar-refractivity contribution in [3.8, 4) is 0 Å². The number of thiazole rings is 1. The maximum absolute atomic E-state index is 13.0. The van der Waals surface area contributed by atoms with Gasteiger partial charge in [0.1, 0.15) is 0 Å². The van der Waals surface area contributed by atoms with Crippen LogP contribution in [0, 0.1) is 6.92 Å². The first-order chi connectivity index (χ1) is 13.1. The zero-order valence-corrected chi connectivity index (χ0v) is 16.5. The summed E-state index contributed by atoms with van der Waals surface area (Å²) in [7, 11) is 0. The van der Waals surface area contributed by atoms with Gasteiger partial charge in [-0.25, -0.2) is 4.98 Å². The van der Waals surface area contributed by atoms with Crippen molar-refractivity contribution in [1.29, 1.82) is 0 Å². The molecule has 0 bridgehead atoms. The average Bonchev–Trinajstić information content (AvgIpc) is 3.11. The number of nitrogens with one attached hydrogen (secondary N) is 1. The minimum Gasteiger partial charge on any atom is -0.342 e. The molecule has 1 aliphatic carbocycles. The van der Waals surface area contributed by atoms with Crippen molar-refractivity contribution in [2.75, 3.05) is 18.4 Å². The second kappa shape index (κ2) is 7.80. The summed E-state index contributed by atoms with van der Waals surface area (Å²) in [6.45, 7) is 3.73. The number of nitrogens with zero attached hydrogens (tertiary/aromatic N) is 2. The molecule has 2 aliphatic rings. The van der Waals surface area contributed by atoms with Crippen molar-refractivity contribution in [3.05, 3.63) is 46.0 Å². The highest BCUT2D eigenvalue weighted by Crippen LogP contribution is 2.38. The first-order valence-corrected chi connectivity index (χ1v) is 10.6. The fourth-order valence-electron chi connectivity index (χ4n) is 3.92. The summed E-state index contributed by atoms with van der Waals surface area (Å²) in [4.78, 5) is 33.3. The monoisotopic (exact) mass is 383 g/mol. The number of amides is 2. The van der Waals surface area contributed by atoms with Crippen molar-refractivity contribution in [3.63, 3.8) is 0 Å². The van der Waals surface area contributed by atoms with Crippen LogP contribution >= 0.6 is 11.3 Å². The van der Waals surface area contributed by atoms with E-state index in [0.717, 1.165) is 61.3 Å².